The molecule has 0 fully saturated rings. The van der Waals surface area contributed by atoms with Gasteiger partial charge >= 0.3 is 6.03 Å². The summed E-state index contributed by atoms with van der Waals surface area (Å²) in [5.41, 5.74) is 5.35. The minimum atomic E-state index is -0.354. The van der Waals surface area contributed by atoms with Crippen molar-refractivity contribution in [1.29, 1.82) is 0 Å². The number of anilines is 1. The second-order valence-corrected chi connectivity index (χ2v) is 6.82. The molecule has 3 aromatic rings. The van der Waals surface area contributed by atoms with Crippen LogP contribution in [-0.4, -0.2) is 30.0 Å². The summed E-state index contributed by atoms with van der Waals surface area (Å²) in [6.07, 6.45) is 3.59. The van der Waals surface area contributed by atoms with Crippen LogP contribution in [0.2, 0.25) is 0 Å². The van der Waals surface area contributed by atoms with E-state index in [4.69, 9.17) is 0 Å². The van der Waals surface area contributed by atoms with E-state index in [1.165, 1.54) is 10.9 Å². The smallest absolute Gasteiger partial charge is 0.315 e. The summed E-state index contributed by atoms with van der Waals surface area (Å²) >= 11 is 0. The first kappa shape index (κ1) is 19.5. The molecule has 0 bridgehead atoms. The van der Waals surface area contributed by atoms with E-state index in [0.717, 1.165) is 28.8 Å². The number of amides is 3. The zero-order chi connectivity index (χ0) is 19.9. The summed E-state index contributed by atoms with van der Waals surface area (Å²) in [6.45, 7) is 4.54. The van der Waals surface area contributed by atoms with Crippen molar-refractivity contribution in [2.24, 2.45) is 0 Å². The molecule has 3 rings (SSSR count). The van der Waals surface area contributed by atoms with Gasteiger partial charge in [-0.15, -0.1) is 0 Å². The first-order valence-corrected chi connectivity index (χ1v) is 9.52. The van der Waals surface area contributed by atoms with Gasteiger partial charge < -0.3 is 20.9 Å². The Morgan fingerprint density at radius 2 is 1.93 bits per heavy atom. The van der Waals surface area contributed by atoms with Crippen molar-refractivity contribution in [3.05, 3.63) is 65.4 Å². The molecule has 0 radical (unpaired) electrons. The Kier molecular flexibility index (Phi) is 6.32. The highest BCUT2D eigenvalue weighted by molar-refractivity contribution is 5.94. The molecular weight excluding hydrogens is 352 g/mol. The van der Waals surface area contributed by atoms with E-state index in [1.807, 2.05) is 30.5 Å². The third-order valence-corrected chi connectivity index (χ3v) is 4.63. The molecule has 0 atom stereocenters. The van der Waals surface area contributed by atoms with Crippen LogP contribution in [0.1, 0.15) is 23.6 Å². The highest BCUT2D eigenvalue weighted by Gasteiger charge is 2.07. The van der Waals surface area contributed by atoms with Crippen LogP contribution in [0, 0.1) is 6.92 Å². The van der Waals surface area contributed by atoms with Crippen molar-refractivity contribution < 1.29 is 9.59 Å². The summed E-state index contributed by atoms with van der Waals surface area (Å²) in [5.74, 6) is -0.254. The Hall–Kier alpha value is -3.28. The van der Waals surface area contributed by atoms with Crippen LogP contribution in [0.5, 0.6) is 0 Å². The first-order chi connectivity index (χ1) is 13.5. The van der Waals surface area contributed by atoms with Gasteiger partial charge in [0.15, 0.2) is 0 Å². The molecule has 4 N–H and O–H groups in total. The Bertz CT molecular complexity index is 978. The largest absolute Gasteiger partial charge is 0.361 e. The van der Waals surface area contributed by atoms with E-state index in [0.29, 0.717) is 13.0 Å². The van der Waals surface area contributed by atoms with Crippen molar-refractivity contribution in [3.63, 3.8) is 0 Å². The van der Waals surface area contributed by atoms with Crippen molar-refractivity contribution in [1.82, 2.24) is 15.6 Å². The van der Waals surface area contributed by atoms with Gasteiger partial charge in [-0.1, -0.05) is 31.2 Å². The van der Waals surface area contributed by atoms with E-state index in [9.17, 15) is 9.59 Å². The highest BCUT2D eigenvalue weighted by Crippen LogP contribution is 2.19. The van der Waals surface area contributed by atoms with Gasteiger partial charge in [-0.3, -0.25) is 4.79 Å². The number of aromatic nitrogens is 1. The van der Waals surface area contributed by atoms with Crippen LogP contribution in [-0.2, 0) is 17.6 Å². The SMILES string of the molecule is CCc1cccc(NC(=O)CNC(=O)NCCc2c[nH]c3cc(C)ccc23)c1. The lowest BCUT2D eigenvalue weighted by Gasteiger charge is -2.09. The van der Waals surface area contributed by atoms with Gasteiger partial charge in [0.25, 0.3) is 0 Å². The summed E-state index contributed by atoms with van der Waals surface area (Å²) in [7, 11) is 0. The summed E-state index contributed by atoms with van der Waals surface area (Å²) < 4.78 is 0. The molecule has 2 aromatic carbocycles. The molecule has 6 heteroatoms. The Morgan fingerprint density at radius 1 is 1.07 bits per heavy atom. The van der Waals surface area contributed by atoms with Gasteiger partial charge in [0, 0.05) is 29.3 Å². The number of aryl methyl sites for hydroxylation is 2. The van der Waals surface area contributed by atoms with Crippen molar-refractivity contribution in [2.75, 3.05) is 18.4 Å². The van der Waals surface area contributed by atoms with Crippen molar-refractivity contribution in [3.8, 4) is 0 Å². The third kappa shape index (κ3) is 5.13. The molecule has 0 aliphatic heterocycles. The highest BCUT2D eigenvalue weighted by atomic mass is 16.2. The second-order valence-electron chi connectivity index (χ2n) is 6.82. The Labute approximate surface area is 164 Å². The number of carbonyl (C=O) groups excluding carboxylic acids is 2. The number of aromatic amines is 1. The molecule has 146 valence electrons. The molecule has 3 amide bonds. The molecule has 0 saturated heterocycles. The predicted molar refractivity (Wildman–Crippen MR) is 113 cm³/mol. The van der Waals surface area contributed by atoms with Gasteiger partial charge in [-0.25, -0.2) is 4.79 Å². The molecule has 0 saturated carbocycles. The van der Waals surface area contributed by atoms with Gasteiger partial charge in [0.05, 0.1) is 6.54 Å². The molecule has 1 aromatic heterocycles. The fraction of sp³-hybridized carbons (Fsp3) is 0.273. The first-order valence-electron chi connectivity index (χ1n) is 9.52. The lowest BCUT2D eigenvalue weighted by Crippen LogP contribution is -2.40. The molecule has 0 unspecified atom stereocenters. The minimum absolute atomic E-state index is 0.0749. The van der Waals surface area contributed by atoms with Crippen LogP contribution in [0.4, 0.5) is 10.5 Å². The maximum absolute atomic E-state index is 12.0. The van der Waals surface area contributed by atoms with Gasteiger partial charge in [0.1, 0.15) is 0 Å². The van der Waals surface area contributed by atoms with E-state index in [1.54, 1.807) is 0 Å². The van der Waals surface area contributed by atoms with E-state index >= 15 is 0 Å². The van der Waals surface area contributed by atoms with E-state index in [2.05, 4.69) is 53.0 Å². The van der Waals surface area contributed by atoms with Crippen LogP contribution < -0.4 is 16.0 Å². The van der Waals surface area contributed by atoms with Gasteiger partial charge in [-0.2, -0.15) is 0 Å². The zero-order valence-electron chi connectivity index (χ0n) is 16.3. The van der Waals surface area contributed by atoms with Crippen LogP contribution in [0.15, 0.2) is 48.7 Å². The number of nitrogens with one attached hydrogen (secondary N) is 4. The number of fused-ring (bicyclic) bond motifs is 1. The van der Waals surface area contributed by atoms with Crippen molar-refractivity contribution in [2.45, 2.75) is 26.7 Å². The molecule has 0 spiro atoms. The maximum Gasteiger partial charge on any atom is 0.315 e. The monoisotopic (exact) mass is 378 g/mol. The molecular formula is C22H26N4O2. The quantitative estimate of drug-likeness (QED) is 0.507. The number of rotatable bonds is 7. The fourth-order valence-electron chi connectivity index (χ4n) is 3.11. The fourth-order valence-corrected chi connectivity index (χ4v) is 3.11. The molecule has 1 heterocycles. The summed E-state index contributed by atoms with van der Waals surface area (Å²) in [4.78, 5) is 27.2. The van der Waals surface area contributed by atoms with Gasteiger partial charge in [-0.05, 0) is 54.7 Å². The Morgan fingerprint density at radius 3 is 2.75 bits per heavy atom. The minimum Gasteiger partial charge on any atom is -0.361 e. The second kappa shape index (κ2) is 9.08. The standard InChI is InChI=1S/C22H26N4O2/c1-3-16-5-4-6-18(12-16)26-21(27)14-25-22(28)23-10-9-17-13-24-20-11-15(2)7-8-19(17)20/h4-8,11-13,24H,3,9-10,14H2,1-2H3,(H,26,27)(H2,23,25,28). The number of urea groups is 1. The van der Waals surface area contributed by atoms with Crippen LogP contribution >= 0.6 is 0 Å². The molecule has 0 aliphatic carbocycles. The summed E-state index contributed by atoms with van der Waals surface area (Å²) in [6, 6.07) is 13.6. The predicted octanol–water partition coefficient (Wildman–Crippen LogP) is 3.52. The number of hydrogen-bond donors (Lipinski definition) is 4. The summed E-state index contributed by atoms with van der Waals surface area (Å²) in [5, 5.41) is 9.33. The molecule has 28 heavy (non-hydrogen) atoms. The number of benzene rings is 2. The normalized spacial score (nSPS) is 10.6. The average Bonchev–Trinajstić information content (AvgIpc) is 3.08. The van der Waals surface area contributed by atoms with Gasteiger partial charge in [0.2, 0.25) is 5.91 Å². The maximum atomic E-state index is 12.0. The molecule has 6 nitrogen and oxygen atoms in total. The van der Waals surface area contributed by atoms with E-state index < -0.39 is 0 Å². The zero-order valence-corrected chi connectivity index (χ0v) is 16.3. The van der Waals surface area contributed by atoms with Crippen molar-refractivity contribution >= 4 is 28.5 Å². The van der Waals surface area contributed by atoms with Crippen LogP contribution in [0.25, 0.3) is 10.9 Å². The lowest BCUT2D eigenvalue weighted by molar-refractivity contribution is -0.115. The average molecular weight is 378 g/mol. The lowest BCUT2D eigenvalue weighted by atomic mass is 10.1. The topological polar surface area (TPSA) is 86.0 Å². The molecule has 0 aliphatic rings. The number of H-pyrrole nitrogens is 1. The Balaban J connectivity index is 1.41. The number of hydrogen-bond acceptors (Lipinski definition) is 2. The number of carbonyl (C=O) groups is 2. The third-order valence-electron chi connectivity index (χ3n) is 4.63. The van der Waals surface area contributed by atoms with E-state index in [-0.39, 0.29) is 18.5 Å². The van der Waals surface area contributed by atoms with Crippen LogP contribution in [0.3, 0.4) is 0 Å².